The van der Waals surface area contributed by atoms with Gasteiger partial charge in [-0.05, 0) is 6.07 Å². The molecule has 0 saturated heterocycles. The number of aliphatic hydroxyl groups excluding tert-OH is 2. The fraction of sp³-hybridized carbons (Fsp3) is 0.385. The van der Waals surface area contributed by atoms with Crippen LogP contribution in [0.2, 0.25) is 0 Å². The highest BCUT2D eigenvalue weighted by molar-refractivity contribution is 7.99. The van der Waals surface area contributed by atoms with Crippen LogP contribution < -0.4 is 5.32 Å². The van der Waals surface area contributed by atoms with Crippen molar-refractivity contribution in [3.63, 3.8) is 0 Å². The number of nitro benzene ring substituents is 1. The molecule has 1 amide bonds. The van der Waals surface area contributed by atoms with Gasteiger partial charge >= 0.3 is 5.97 Å². The highest BCUT2D eigenvalue weighted by Crippen LogP contribution is 2.28. The highest BCUT2D eigenvalue weighted by Gasteiger charge is 2.13. The third-order valence-electron chi connectivity index (χ3n) is 2.50. The van der Waals surface area contributed by atoms with Crippen LogP contribution >= 0.6 is 11.8 Å². The molecular formula is C13H16N2O8S. The van der Waals surface area contributed by atoms with E-state index < -0.39 is 42.7 Å². The zero-order valence-electron chi connectivity index (χ0n) is 12.4. The summed E-state index contributed by atoms with van der Waals surface area (Å²) in [5.74, 6) is -1.77. The molecule has 1 atom stereocenters. The number of aliphatic carboxylic acids is 1. The van der Waals surface area contributed by atoms with E-state index in [-0.39, 0.29) is 17.1 Å². The van der Waals surface area contributed by atoms with Crippen molar-refractivity contribution in [3.8, 4) is 0 Å². The Morgan fingerprint density at radius 3 is 2.62 bits per heavy atom. The van der Waals surface area contributed by atoms with Crippen molar-refractivity contribution in [1.29, 1.82) is 0 Å². The molecule has 0 aromatic heterocycles. The Bertz CT molecular complexity index is 610. The molecule has 0 heterocycles. The standard InChI is InChI=1S/C13H16N2O8S/c16-4-10(17)7-24-11-2-8(1-9(3-11)15(21)22)14-12(18)5-23-6-13(19)20/h1-3,10,16-17H,4-7H2,(H,14,18)(H,19,20)/t10-/m0/s1. The van der Waals surface area contributed by atoms with Gasteiger partial charge in [-0.1, -0.05) is 0 Å². The van der Waals surface area contributed by atoms with Crippen LogP contribution in [-0.4, -0.2) is 63.8 Å². The monoisotopic (exact) mass is 360 g/mol. The number of hydrogen-bond acceptors (Lipinski definition) is 8. The molecule has 132 valence electrons. The van der Waals surface area contributed by atoms with Crippen molar-refractivity contribution in [3.05, 3.63) is 28.3 Å². The van der Waals surface area contributed by atoms with Crippen molar-refractivity contribution in [2.75, 3.05) is 30.9 Å². The Balaban J connectivity index is 2.77. The zero-order chi connectivity index (χ0) is 18.1. The molecule has 0 aliphatic heterocycles. The second-order valence-electron chi connectivity index (χ2n) is 4.55. The average molecular weight is 360 g/mol. The van der Waals surface area contributed by atoms with Crippen molar-refractivity contribution in [1.82, 2.24) is 0 Å². The zero-order valence-corrected chi connectivity index (χ0v) is 13.2. The Morgan fingerprint density at radius 1 is 1.33 bits per heavy atom. The maximum Gasteiger partial charge on any atom is 0.329 e. The van der Waals surface area contributed by atoms with Gasteiger partial charge in [0.25, 0.3) is 5.69 Å². The molecule has 0 radical (unpaired) electrons. The van der Waals surface area contributed by atoms with E-state index >= 15 is 0 Å². The van der Waals surface area contributed by atoms with Gasteiger partial charge in [-0.2, -0.15) is 0 Å². The Morgan fingerprint density at radius 2 is 2.04 bits per heavy atom. The summed E-state index contributed by atoms with van der Waals surface area (Å²) in [6.45, 7) is -1.59. The molecule has 0 bridgehead atoms. The van der Waals surface area contributed by atoms with Crippen LogP contribution in [0.5, 0.6) is 0 Å². The minimum Gasteiger partial charge on any atom is -0.480 e. The minimum absolute atomic E-state index is 0.118. The highest BCUT2D eigenvalue weighted by atomic mass is 32.2. The van der Waals surface area contributed by atoms with Gasteiger partial charge in [-0.25, -0.2) is 4.79 Å². The van der Waals surface area contributed by atoms with Gasteiger partial charge in [-0.3, -0.25) is 14.9 Å². The summed E-state index contributed by atoms with van der Waals surface area (Å²) in [6, 6.07) is 3.86. The lowest BCUT2D eigenvalue weighted by Crippen LogP contribution is -2.20. The third-order valence-corrected chi connectivity index (χ3v) is 3.62. The summed E-state index contributed by atoms with van der Waals surface area (Å²) < 4.78 is 4.62. The predicted molar refractivity (Wildman–Crippen MR) is 84.0 cm³/mol. The molecule has 1 aromatic carbocycles. The van der Waals surface area contributed by atoms with E-state index in [9.17, 15) is 24.8 Å². The number of benzene rings is 1. The number of amides is 1. The van der Waals surface area contributed by atoms with Gasteiger partial charge in [0.1, 0.15) is 13.2 Å². The number of hydrogen-bond donors (Lipinski definition) is 4. The molecule has 0 unspecified atom stereocenters. The molecule has 24 heavy (non-hydrogen) atoms. The molecular weight excluding hydrogens is 344 g/mol. The first kappa shape index (κ1) is 19.8. The Hall–Kier alpha value is -2.21. The van der Waals surface area contributed by atoms with Crippen molar-refractivity contribution < 1.29 is 34.6 Å². The first-order chi connectivity index (χ1) is 11.3. The number of anilines is 1. The quantitative estimate of drug-likeness (QED) is 0.257. The van der Waals surface area contributed by atoms with Crippen LogP contribution in [0.15, 0.2) is 23.1 Å². The lowest BCUT2D eigenvalue weighted by Gasteiger charge is -2.09. The summed E-state index contributed by atoms with van der Waals surface area (Å²) in [5.41, 5.74) is -0.130. The topological polar surface area (TPSA) is 159 Å². The number of non-ortho nitro benzene ring substituents is 1. The Labute approximate surface area is 140 Å². The van der Waals surface area contributed by atoms with Crippen molar-refractivity contribution in [2.24, 2.45) is 0 Å². The van der Waals surface area contributed by atoms with Gasteiger partial charge in [-0.15, -0.1) is 11.8 Å². The third kappa shape index (κ3) is 7.37. The SMILES string of the molecule is O=C(O)COCC(=O)Nc1cc(SC[C@@H](O)CO)cc([N+](=O)[O-])c1. The van der Waals surface area contributed by atoms with Crippen LogP contribution in [0.1, 0.15) is 0 Å². The normalized spacial score (nSPS) is 11.8. The first-order valence-electron chi connectivity index (χ1n) is 6.62. The number of nitrogens with zero attached hydrogens (tertiary/aromatic N) is 1. The van der Waals surface area contributed by atoms with Gasteiger partial charge < -0.3 is 25.4 Å². The molecule has 0 saturated carbocycles. The van der Waals surface area contributed by atoms with Gasteiger partial charge in [0.05, 0.1) is 17.6 Å². The van der Waals surface area contributed by atoms with Crippen LogP contribution in [0, 0.1) is 10.1 Å². The van der Waals surface area contributed by atoms with Gasteiger partial charge in [0.2, 0.25) is 5.91 Å². The van der Waals surface area contributed by atoms with Crippen LogP contribution in [0.4, 0.5) is 11.4 Å². The summed E-state index contributed by atoms with van der Waals surface area (Å²) in [6.07, 6.45) is -0.975. The molecule has 0 spiro atoms. The maximum absolute atomic E-state index is 11.6. The number of carbonyl (C=O) groups is 2. The molecule has 10 nitrogen and oxygen atoms in total. The number of carbonyl (C=O) groups excluding carboxylic acids is 1. The molecule has 11 heteroatoms. The fourth-order valence-electron chi connectivity index (χ4n) is 1.52. The minimum atomic E-state index is -1.22. The van der Waals surface area contributed by atoms with E-state index in [0.717, 1.165) is 17.8 Å². The van der Waals surface area contributed by atoms with E-state index in [0.29, 0.717) is 4.90 Å². The molecule has 0 fully saturated rings. The van der Waals surface area contributed by atoms with E-state index in [2.05, 4.69) is 10.1 Å². The summed E-state index contributed by atoms with van der Waals surface area (Å²) in [4.78, 5) is 32.6. The summed E-state index contributed by atoms with van der Waals surface area (Å²) >= 11 is 1.07. The smallest absolute Gasteiger partial charge is 0.329 e. The van der Waals surface area contributed by atoms with Crippen LogP contribution in [-0.2, 0) is 14.3 Å². The number of nitro groups is 1. The van der Waals surface area contributed by atoms with E-state index in [1.807, 2.05) is 0 Å². The number of carboxylic acids is 1. The number of aliphatic hydroxyl groups is 2. The van der Waals surface area contributed by atoms with Crippen LogP contribution in [0.25, 0.3) is 0 Å². The van der Waals surface area contributed by atoms with E-state index in [1.165, 1.54) is 12.1 Å². The fourth-order valence-corrected chi connectivity index (χ4v) is 2.42. The molecule has 0 aliphatic carbocycles. The van der Waals surface area contributed by atoms with Crippen molar-refractivity contribution >= 4 is 35.0 Å². The number of ether oxygens (including phenoxy) is 1. The van der Waals surface area contributed by atoms with E-state index in [1.54, 1.807) is 0 Å². The second-order valence-corrected chi connectivity index (χ2v) is 5.65. The lowest BCUT2D eigenvalue weighted by molar-refractivity contribution is -0.385. The largest absolute Gasteiger partial charge is 0.480 e. The summed E-state index contributed by atoms with van der Waals surface area (Å²) in [5, 5.41) is 39.8. The average Bonchev–Trinajstić information content (AvgIpc) is 2.51. The number of nitrogens with one attached hydrogen (secondary N) is 1. The number of carboxylic acid groups (broad SMARTS) is 1. The van der Waals surface area contributed by atoms with Crippen LogP contribution in [0.3, 0.4) is 0 Å². The number of rotatable bonds is 10. The van der Waals surface area contributed by atoms with Crippen molar-refractivity contribution in [2.45, 2.75) is 11.0 Å². The van der Waals surface area contributed by atoms with E-state index in [4.69, 9.17) is 10.2 Å². The predicted octanol–water partition coefficient (Wildman–Crippen LogP) is 0.0798. The van der Waals surface area contributed by atoms with Gasteiger partial charge in [0, 0.05) is 28.5 Å². The lowest BCUT2D eigenvalue weighted by atomic mass is 10.3. The molecule has 1 rings (SSSR count). The number of thioether (sulfide) groups is 1. The maximum atomic E-state index is 11.6. The van der Waals surface area contributed by atoms with Gasteiger partial charge in [0.15, 0.2) is 0 Å². The molecule has 0 aliphatic rings. The first-order valence-corrected chi connectivity index (χ1v) is 7.61. The summed E-state index contributed by atoms with van der Waals surface area (Å²) in [7, 11) is 0. The Kier molecular flexibility index (Phi) is 8.12. The molecule has 1 aromatic rings. The second kappa shape index (κ2) is 9.82. The molecule has 4 N–H and O–H groups in total.